The van der Waals surface area contributed by atoms with Crippen LogP contribution in [-0.4, -0.2) is 5.78 Å². The van der Waals surface area contributed by atoms with E-state index in [4.69, 9.17) is 4.42 Å². The summed E-state index contributed by atoms with van der Waals surface area (Å²) in [6.45, 7) is 6.32. The third-order valence-electron chi connectivity index (χ3n) is 2.76. The molecule has 0 aliphatic heterocycles. The molecule has 1 heterocycles. The van der Waals surface area contributed by atoms with Gasteiger partial charge in [0, 0.05) is 5.56 Å². The lowest BCUT2D eigenvalue weighted by atomic mass is 9.82. The minimum absolute atomic E-state index is 0.0178. The van der Waals surface area contributed by atoms with Crippen molar-refractivity contribution >= 4 is 5.78 Å². The second kappa shape index (κ2) is 4.21. The number of furan rings is 1. The van der Waals surface area contributed by atoms with Gasteiger partial charge in [-0.05, 0) is 17.0 Å². The summed E-state index contributed by atoms with van der Waals surface area (Å²) in [5, 5.41) is 0. The summed E-state index contributed by atoms with van der Waals surface area (Å²) in [4.78, 5) is 12.3. The fraction of sp³-hybridized carbons (Fsp3) is 0.267. The number of carbonyl (C=O) groups is 1. The summed E-state index contributed by atoms with van der Waals surface area (Å²) in [7, 11) is 0. The molecule has 0 fully saturated rings. The van der Waals surface area contributed by atoms with Crippen LogP contribution in [0.3, 0.4) is 0 Å². The number of ketones is 1. The maximum absolute atomic E-state index is 12.3. The Morgan fingerprint density at radius 2 is 1.82 bits per heavy atom. The molecule has 0 saturated carbocycles. The van der Waals surface area contributed by atoms with E-state index in [-0.39, 0.29) is 11.2 Å². The van der Waals surface area contributed by atoms with E-state index in [1.54, 1.807) is 6.07 Å². The van der Waals surface area contributed by atoms with Gasteiger partial charge in [0.25, 0.3) is 0 Å². The van der Waals surface area contributed by atoms with E-state index in [0.717, 1.165) is 11.1 Å². The Balaban J connectivity index is 2.50. The predicted octanol–water partition coefficient (Wildman–Crippen LogP) is 3.81. The van der Waals surface area contributed by atoms with Crippen LogP contribution >= 0.6 is 0 Å². The van der Waals surface area contributed by atoms with E-state index in [9.17, 15) is 4.79 Å². The molecule has 0 saturated heterocycles. The molecule has 17 heavy (non-hydrogen) atoms. The maximum Gasteiger partial charge on any atom is 0.196 e. The first-order valence-electron chi connectivity index (χ1n) is 5.66. The molecule has 1 aromatic carbocycles. The van der Waals surface area contributed by atoms with E-state index < -0.39 is 0 Å². The van der Waals surface area contributed by atoms with Gasteiger partial charge in [0.15, 0.2) is 5.78 Å². The Labute approximate surface area is 101 Å². The zero-order valence-electron chi connectivity index (χ0n) is 10.4. The molecule has 0 bridgehead atoms. The van der Waals surface area contributed by atoms with Crippen LogP contribution in [0.5, 0.6) is 0 Å². The van der Waals surface area contributed by atoms with Crippen molar-refractivity contribution in [3.63, 3.8) is 0 Å². The van der Waals surface area contributed by atoms with Gasteiger partial charge < -0.3 is 4.42 Å². The van der Waals surface area contributed by atoms with Gasteiger partial charge in [-0.1, -0.05) is 45.0 Å². The summed E-state index contributed by atoms with van der Waals surface area (Å²) in [6.07, 6.45) is 3.01. The molecule has 0 amide bonds. The monoisotopic (exact) mass is 228 g/mol. The molecule has 0 aliphatic carbocycles. The van der Waals surface area contributed by atoms with Crippen LogP contribution in [0.4, 0.5) is 0 Å². The SMILES string of the molecule is CC(C)(C)c1ccccc1C(=O)c1ccoc1. The van der Waals surface area contributed by atoms with Crippen LogP contribution in [0.15, 0.2) is 47.3 Å². The molecule has 0 radical (unpaired) electrons. The highest BCUT2D eigenvalue weighted by Gasteiger charge is 2.22. The van der Waals surface area contributed by atoms with Gasteiger partial charge in [-0.3, -0.25) is 4.79 Å². The van der Waals surface area contributed by atoms with Crippen molar-refractivity contribution in [2.24, 2.45) is 0 Å². The zero-order valence-corrected chi connectivity index (χ0v) is 10.4. The third-order valence-corrected chi connectivity index (χ3v) is 2.76. The average molecular weight is 228 g/mol. The van der Waals surface area contributed by atoms with Crippen molar-refractivity contribution in [3.05, 3.63) is 59.5 Å². The van der Waals surface area contributed by atoms with Gasteiger partial charge in [0.1, 0.15) is 6.26 Å². The fourth-order valence-electron chi connectivity index (χ4n) is 1.88. The highest BCUT2D eigenvalue weighted by Crippen LogP contribution is 2.27. The number of hydrogen-bond acceptors (Lipinski definition) is 2. The number of carbonyl (C=O) groups excluding carboxylic acids is 1. The summed E-state index contributed by atoms with van der Waals surface area (Å²) in [5.74, 6) is 0.0178. The molecule has 1 aromatic heterocycles. The van der Waals surface area contributed by atoms with E-state index in [2.05, 4.69) is 20.8 Å². The van der Waals surface area contributed by atoms with Crippen LogP contribution in [0.25, 0.3) is 0 Å². The van der Waals surface area contributed by atoms with E-state index in [1.165, 1.54) is 12.5 Å². The topological polar surface area (TPSA) is 30.2 Å². The highest BCUT2D eigenvalue weighted by molar-refractivity contribution is 6.09. The molecule has 0 atom stereocenters. The zero-order chi connectivity index (χ0) is 12.5. The Kier molecular flexibility index (Phi) is 2.88. The second-order valence-corrected chi connectivity index (χ2v) is 5.14. The Morgan fingerprint density at radius 1 is 1.12 bits per heavy atom. The lowest BCUT2D eigenvalue weighted by molar-refractivity contribution is 0.103. The molecule has 0 aliphatic rings. The number of benzene rings is 1. The van der Waals surface area contributed by atoms with Gasteiger partial charge in [0.2, 0.25) is 0 Å². The molecule has 2 rings (SSSR count). The molecular formula is C15H16O2. The fourth-order valence-corrected chi connectivity index (χ4v) is 1.88. The predicted molar refractivity (Wildman–Crippen MR) is 67.3 cm³/mol. The number of rotatable bonds is 2. The van der Waals surface area contributed by atoms with Crippen molar-refractivity contribution < 1.29 is 9.21 Å². The van der Waals surface area contributed by atoms with E-state index in [0.29, 0.717) is 5.56 Å². The average Bonchev–Trinajstić information content (AvgIpc) is 2.80. The second-order valence-electron chi connectivity index (χ2n) is 5.14. The molecule has 2 nitrogen and oxygen atoms in total. The van der Waals surface area contributed by atoms with Gasteiger partial charge in [-0.25, -0.2) is 0 Å². The normalized spacial score (nSPS) is 11.5. The highest BCUT2D eigenvalue weighted by atomic mass is 16.3. The molecule has 88 valence electrons. The van der Waals surface area contributed by atoms with Gasteiger partial charge in [0.05, 0.1) is 11.8 Å². The maximum atomic E-state index is 12.3. The summed E-state index contributed by atoms with van der Waals surface area (Å²) in [5.41, 5.74) is 2.37. The smallest absolute Gasteiger partial charge is 0.196 e. The first kappa shape index (κ1) is 11.6. The minimum Gasteiger partial charge on any atom is -0.472 e. The van der Waals surface area contributed by atoms with Gasteiger partial charge in [-0.2, -0.15) is 0 Å². The lowest BCUT2D eigenvalue weighted by Crippen LogP contribution is -2.17. The van der Waals surface area contributed by atoms with E-state index >= 15 is 0 Å². The molecular weight excluding hydrogens is 212 g/mol. The van der Waals surface area contributed by atoms with Crippen LogP contribution in [0.2, 0.25) is 0 Å². The van der Waals surface area contributed by atoms with Crippen LogP contribution < -0.4 is 0 Å². The van der Waals surface area contributed by atoms with Gasteiger partial charge in [-0.15, -0.1) is 0 Å². The quantitative estimate of drug-likeness (QED) is 0.732. The van der Waals surface area contributed by atoms with Crippen molar-refractivity contribution in [1.82, 2.24) is 0 Å². The third kappa shape index (κ3) is 2.31. The number of hydrogen-bond donors (Lipinski definition) is 0. The minimum atomic E-state index is -0.0456. The van der Waals surface area contributed by atoms with Gasteiger partial charge >= 0.3 is 0 Å². The Hall–Kier alpha value is -1.83. The van der Waals surface area contributed by atoms with Crippen LogP contribution in [-0.2, 0) is 5.41 Å². The Bertz CT molecular complexity index is 516. The lowest BCUT2D eigenvalue weighted by Gasteiger charge is -2.21. The summed E-state index contributed by atoms with van der Waals surface area (Å²) in [6, 6.07) is 9.43. The van der Waals surface area contributed by atoms with Crippen molar-refractivity contribution in [2.75, 3.05) is 0 Å². The molecule has 0 N–H and O–H groups in total. The van der Waals surface area contributed by atoms with Crippen molar-refractivity contribution in [2.45, 2.75) is 26.2 Å². The molecule has 2 aromatic rings. The largest absolute Gasteiger partial charge is 0.472 e. The first-order valence-corrected chi connectivity index (χ1v) is 5.66. The van der Waals surface area contributed by atoms with Crippen molar-refractivity contribution in [3.8, 4) is 0 Å². The standard InChI is InChI=1S/C15H16O2/c1-15(2,3)13-7-5-4-6-12(13)14(16)11-8-9-17-10-11/h4-10H,1-3H3. The molecule has 0 spiro atoms. The molecule has 2 heteroatoms. The summed E-state index contributed by atoms with van der Waals surface area (Å²) < 4.78 is 4.96. The Morgan fingerprint density at radius 3 is 2.41 bits per heavy atom. The van der Waals surface area contributed by atoms with E-state index in [1.807, 2.05) is 24.3 Å². The summed E-state index contributed by atoms with van der Waals surface area (Å²) >= 11 is 0. The first-order chi connectivity index (χ1) is 8.00. The molecule has 0 unspecified atom stereocenters. The van der Waals surface area contributed by atoms with Crippen LogP contribution in [0.1, 0.15) is 42.3 Å². The van der Waals surface area contributed by atoms with Crippen molar-refractivity contribution in [1.29, 1.82) is 0 Å². The van der Waals surface area contributed by atoms with Crippen LogP contribution in [0, 0.1) is 0 Å².